The van der Waals surface area contributed by atoms with E-state index in [0.29, 0.717) is 11.4 Å². The van der Waals surface area contributed by atoms with Crippen LogP contribution in [0.25, 0.3) is 5.69 Å². The lowest BCUT2D eigenvalue weighted by molar-refractivity contribution is 0.0816. The average Bonchev–Trinajstić information content (AvgIpc) is 2.63. The van der Waals surface area contributed by atoms with Crippen LogP contribution < -0.4 is 0 Å². The van der Waals surface area contributed by atoms with Crippen molar-refractivity contribution in [3.8, 4) is 17.2 Å². The minimum atomic E-state index is -0.387. The molecule has 0 fully saturated rings. The first kappa shape index (κ1) is 14.0. The summed E-state index contributed by atoms with van der Waals surface area (Å²) in [7, 11) is 3.20. The summed E-state index contributed by atoms with van der Waals surface area (Å²) in [6, 6.07) is 7.50. The first-order chi connectivity index (χ1) is 9.34. The van der Waals surface area contributed by atoms with E-state index in [0.717, 1.165) is 5.56 Å². The van der Waals surface area contributed by atoms with E-state index < -0.39 is 0 Å². The van der Waals surface area contributed by atoms with E-state index in [1.54, 1.807) is 25.6 Å². The van der Waals surface area contributed by atoms with Gasteiger partial charge in [-0.1, -0.05) is 17.7 Å². The molecule has 1 aromatic carbocycles. The van der Waals surface area contributed by atoms with Gasteiger partial charge in [-0.15, -0.1) is 0 Å². The average molecular weight is 274 g/mol. The Morgan fingerprint density at radius 1 is 1.05 bits per heavy atom. The highest BCUT2D eigenvalue weighted by Gasteiger charge is 2.26. The fourth-order valence-electron chi connectivity index (χ4n) is 2.09. The highest BCUT2D eigenvalue weighted by atomic mass is 16.3. The zero-order chi connectivity index (χ0) is 15.0. The summed E-state index contributed by atoms with van der Waals surface area (Å²) in [5, 5.41) is 19.9. The van der Waals surface area contributed by atoms with Gasteiger partial charge in [-0.25, -0.2) is 0 Å². The van der Waals surface area contributed by atoms with Gasteiger partial charge in [0.2, 0.25) is 0 Å². The zero-order valence-electron chi connectivity index (χ0n) is 12.0. The lowest BCUT2D eigenvalue weighted by Gasteiger charge is -2.14. The molecule has 2 N–H and O–H groups in total. The lowest BCUT2D eigenvalue weighted by Crippen LogP contribution is -2.24. The summed E-state index contributed by atoms with van der Waals surface area (Å²) in [6.07, 6.45) is 0. The quantitative estimate of drug-likeness (QED) is 0.882. The molecule has 106 valence electrons. The highest BCUT2D eigenvalue weighted by Crippen LogP contribution is 2.38. The Bertz CT molecular complexity index is 655. The van der Waals surface area contributed by atoms with Crippen molar-refractivity contribution in [3.63, 3.8) is 0 Å². The molecule has 5 heteroatoms. The predicted molar refractivity (Wildman–Crippen MR) is 76.6 cm³/mol. The van der Waals surface area contributed by atoms with Gasteiger partial charge in [0.15, 0.2) is 17.2 Å². The van der Waals surface area contributed by atoms with Crippen molar-refractivity contribution in [1.29, 1.82) is 0 Å². The van der Waals surface area contributed by atoms with Crippen LogP contribution in [0, 0.1) is 13.8 Å². The van der Waals surface area contributed by atoms with Crippen molar-refractivity contribution in [2.75, 3.05) is 14.1 Å². The second-order valence-corrected chi connectivity index (χ2v) is 5.00. The molecule has 0 aliphatic carbocycles. The molecule has 0 saturated heterocycles. The number of nitrogens with zero attached hydrogens (tertiary/aromatic N) is 2. The number of rotatable bonds is 2. The summed E-state index contributed by atoms with van der Waals surface area (Å²) >= 11 is 0. The Hall–Kier alpha value is -2.43. The maximum Gasteiger partial charge on any atom is 0.274 e. The van der Waals surface area contributed by atoms with Crippen LogP contribution in [0.15, 0.2) is 24.3 Å². The SMILES string of the molecule is Cc1ccc(-n2c(C)c(O)c(O)c2C(=O)N(C)C)cc1. The Labute approximate surface area is 117 Å². The maximum atomic E-state index is 12.2. The molecule has 5 nitrogen and oxygen atoms in total. The molecule has 0 aliphatic rings. The molecule has 20 heavy (non-hydrogen) atoms. The van der Waals surface area contributed by atoms with Gasteiger partial charge in [0.25, 0.3) is 5.91 Å². The number of aryl methyl sites for hydroxylation is 1. The molecule has 0 unspecified atom stereocenters. The monoisotopic (exact) mass is 274 g/mol. The molecule has 0 bridgehead atoms. The van der Waals surface area contributed by atoms with E-state index in [9.17, 15) is 15.0 Å². The van der Waals surface area contributed by atoms with Gasteiger partial charge in [0, 0.05) is 19.8 Å². The summed E-state index contributed by atoms with van der Waals surface area (Å²) < 4.78 is 1.56. The van der Waals surface area contributed by atoms with Gasteiger partial charge in [0.05, 0.1) is 5.69 Å². The molecule has 1 heterocycles. The normalized spacial score (nSPS) is 10.6. The van der Waals surface area contributed by atoms with Crippen molar-refractivity contribution in [1.82, 2.24) is 9.47 Å². The van der Waals surface area contributed by atoms with Crippen molar-refractivity contribution in [2.45, 2.75) is 13.8 Å². The van der Waals surface area contributed by atoms with Crippen LogP contribution in [0.4, 0.5) is 0 Å². The predicted octanol–water partition coefficient (Wildman–Crippen LogP) is 2.21. The largest absolute Gasteiger partial charge is 0.503 e. The molecule has 1 aromatic heterocycles. The number of carbonyl (C=O) groups is 1. The van der Waals surface area contributed by atoms with E-state index in [4.69, 9.17) is 0 Å². The number of amides is 1. The zero-order valence-corrected chi connectivity index (χ0v) is 12.0. The van der Waals surface area contributed by atoms with E-state index in [2.05, 4.69) is 0 Å². The standard InChI is InChI=1S/C15H18N2O3/c1-9-5-7-11(8-6-9)17-10(2)13(18)14(19)12(17)15(20)16(3)4/h5-8,18-19H,1-4H3. The third-order valence-corrected chi connectivity index (χ3v) is 3.25. The van der Waals surface area contributed by atoms with Crippen molar-refractivity contribution < 1.29 is 15.0 Å². The molecule has 1 amide bonds. The number of aromatic hydroxyl groups is 2. The Kier molecular flexibility index (Phi) is 3.44. The minimum Gasteiger partial charge on any atom is -0.503 e. The first-order valence-electron chi connectivity index (χ1n) is 6.26. The molecule has 0 radical (unpaired) electrons. The topological polar surface area (TPSA) is 65.7 Å². The van der Waals surface area contributed by atoms with Crippen LogP contribution >= 0.6 is 0 Å². The number of carbonyl (C=O) groups excluding carboxylic acids is 1. The Morgan fingerprint density at radius 3 is 2.10 bits per heavy atom. The molecular weight excluding hydrogens is 256 g/mol. The van der Waals surface area contributed by atoms with Crippen molar-refractivity contribution in [3.05, 3.63) is 41.2 Å². The summed E-state index contributed by atoms with van der Waals surface area (Å²) in [5.41, 5.74) is 2.30. The smallest absolute Gasteiger partial charge is 0.274 e. The molecule has 0 aliphatic heterocycles. The Morgan fingerprint density at radius 2 is 1.60 bits per heavy atom. The number of hydrogen-bond donors (Lipinski definition) is 2. The van der Waals surface area contributed by atoms with E-state index in [-0.39, 0.29) is 23.1 Å². The van der Waals surface area contributed by atoms with E-state index in [1.165, 1.54) is 4.90 Å². The second-order valence-electron chi connectivity index (χ2n) is 5.00. The van der Waals surface area contributed by atoms with Gasteiger partial charge >= 0.3 is 0 Å². The second kappa shape index (κ2) is 4.92. The summed E-state index contributed by atoms with van der Waals surface area (Å²) in [4.78, 5) is 13.6. The van der Waals surface area contributed by atoms with Gasteiger partial charge in [-0.3, -0.25) is 4.79 Å². The fourth-order valence-corrected chi connectivity index (χ4v) is 2.09. The van der Waals surface area contributed by atoms with Gasteiger partial charge < -0.3 is 19.7 Å². The van der Waals surface area contributed by atoms with Crippen molar-refractivity contribution in [2.24, 2.45) is 0 Å². The molecule has 2 rings (SSSR count). The Balaban J connectivity index is 2.72. The number of benzene rings is 1. The molecular formula is C15H18N2O3. The number of hydrogen-bond acceptors (Lipinski definition) is 3. The van der Waals surface area contributed by atoms with Crippen molar-refractivity contribution >= 4 is 5.91 Å². The molecule has 0 saturated carbocycles. The van der Waals surface area contributed by atoms with Gasteiger partial charge in [-0.05, 0) is 26.0 Å². The third kappa shape index (κ3) is 2.11. The van der Waals surface area contributed by atoms with E-state index >= 15 is 0 Å². The van der Waals surface area contributed by atoms with Gasteiger partial charge in [-0.2, -0.15) is 0 Å². The van der Waals surface area contributed by atoms with Crippen LogP contribution in [-0.4, -0.2) is 39.7 Å². The highest BCUT2D eigenvalue weighted by molar-refractivity contribution is 5.97. The van der Waals surface area contributed by atoms with Crippen LogP contribution in [-0.2, 0) is 0 Å². The van der Waals surface area contributed by atoms with E-state index in [1.807, 2.05) is 31.2 Å². The van der Waals surface area contributed by atoms with Gasteiger partial charge in [0.1, 0.15) is 0 Å². The fraction of sp³-hybridized carbons (Fsp3) is 0.267. The summed E-state index contributed by atoms with van der Waals surface area (Å²) in [6.45, 7) is 3.62. The van der Waals surface area contributed by atoms with Crippen LogP contribution in [0.3, 0.4) is 0 Å². The molecule has 2 aromatic rings. The summed E-state index contributed by atoms with van der Waals surface area (Å²) in [5.74, 6) is -1.02. The lowest BCUT2D eigenvalue weighted by atomic mass is 10.2. The number of aromatic nitrogens is 1. The molecule has 0 atom stereocenters. The minimum absolute atomic E-state index is 0.0638. The van der Waals surface area contributed by atoms with Crippen LogP contribution in [0.2, 0.25) is 0 Å². The maximum absolute atomic E-state index is 12.2. The van der Waals surface area contributed by atoms with Crippen LogP contribution in [0.1, 0.15) is 21.7 Å². The third-order valence-electron chi connectivity index (χ3n) is 3.25. The van der Waals surface area contributed by atoms with Crippen LogP contribution in [0.5, 0.6) is 11.5 Å². The first-order valence-corrected chi connectivity index (χ1v) is 6.26. The molecule has 0 spiro atoms.